The van der Waals surface area contributed by atoms with Gasteiger partial charge in [0.2, 0.25) is 0 Å². The van der Waals surface area contributed by atoms with Crippen LogP contribution in [0.2, 0.25) is 0 Å². The zero-order valence-electron chi connectivity index (χ0n) is 31.9. The summed E-state index contributed by atoms with van der Waals surface area (Å²) in [4.78, 5) is 34.8. The Hall–Kier alpha value is -1.29. The van der Waals surface area contributed by atoms with Gasteiger partial charge in [-0.05, 0) is 38.5 Å². The second-order valence-corrected chi connectivity index (χ2v) is 15.1. The first-order valence-corrected chi connectivity index (χ1v) is 21.6. The SMILES string of the molecule is CCCCC/C=C\CCCCCCCC(=O)OC[C@H](COP(=O)(O)OC[C@@H](O)CO)OC(=O)CCCCCCCCCCCCCCCCC. The second-order valence-electron chi connectivity index (χ2n) is 13.7. The van der Waals surface area contributed by atoms with Gasteiger partial charge in [-0.25, -0.2) is 4.57 Å². The van der Waals surface area contributed by atoms with Crippen molar-refractivity contribution >= 4 is 19.8 Å². The molecule has 0 rings (SSSR count). The highest BCUT2D eigenvalue weighted by atomic mass is 31.2. The van der Waals surface area contributed by atoms with Gasteiger partial charge in [0.25, 0.3) is 0 Å². The van der Waals surface area contributed by atoms with E-state index in [1.165, 1.54) is 89.9 Å². The fourth-order valence-electron chi connectivity index (χ4n) is 5.52. The number of aliphatic hydroxyl groups is 2. The monoisotopic (exact) mass is 735 g/mol. The summed E-state index contributed by atoms with van der Waals surface area (Å²) < 4.78 is 32.6. The molecule has 0 heterocycles. The summed E-state index contributed by atoms with van der Waals surface area (Å²) in [5.74, 6) is -0.928. The van der Waals surface area contributed by atoms with Crippen molar-refractivity contribution in [2.45, 2.75) is 199 Å². The number of hydrogen-bond donors (Lipinski definition) is 3. The number of unbranched alkanes of at least 4 members (excludes halogenated alkanes) is 22. The van der Waals surface area contributed by atoms with Crippen LogP contribution in [0.3, 0.4) is 0 Å². The van der Waals surface area contributed by atoms with Gasteiger partial charge in [0.15, 0.2) is 6.10 Å². The lowest BCUT2D eigenvalue weighted by Crippen LogP contribution is -2.29. The third-order valence-electron chi connectivity index (χ3n) is 8.67. The molecule has 0 aliphatic carbocycles. The molecular weight excluding hydrogens is 659 g/mol. The summed E-state index contributed by atoms with van der Waals surface area (Å²) in [7, 11) is -4.61. The quantitative estimate of drug-likeness (QED) is 0.0242. The van der Waals surface area contributed by atoms with Crippen LogP contribution in [-0.4, -0.2) is 65.7 Å². The first-order chi connectivity index (χ1) is 24.2. The number of carbonyl (C=O) groups is 2. The topological polar surface area (TPSA) is 149 Å². The van der Waals surface area contributed by atoms with Crippen LogP contribution in [0.5, 0.6) is 0 Å². The smallest absolute Gasteiger partial charge is 0.462 e. The van der Waals surface area contributed by atoms with E-state index in [4.69, 9.17) is 19.1 Å². The first-order valence-electron chi connectivity index (χ1n) is 20.1. The van der Waals surface area contributed by atoms with E-state index in [0.29, 0.717) is 12.8 Å². The minimum absolute atomic E-state index is 0.188. The highest BCUT2D eigenvalue weighted by Crippen LogP contribution is 2.43. The molecule has 3 atom stereocenters. The number of rotatable bonds is 38. The average Bonchev–Trinajstić information content (AvgIpc) is 3.10. The Morgan fingerprint density at radius 2 is 0.980 bits per heavy atom. The maximum absolute atomic E-state index is 12.6. The summed E-state index contributed by atoms with van der Waals surface area (Å²) in [5, 5.41) is 18.3. The van der Waals surface area contributed by atoms with Gasteiger partial charge in [-0.1, -0.05) is 148 Å². The highest BCUT2D eigenvalue weighted by molar-refractivity contribution is 7.47. The van der Waals surface area contributed by atoms with E-state index in [1.807, 2.05) is 0 Å². The van der Waals surface area contributed by atoms with E-state index < -0.39 is 51.8 Å². The molecule has 10 nitrogen and oxygen atoms in total. The third kappa shape index (κ3) is 35.1. The van der Waals surface area contributed by atoms with Crippen molar-refractivity contribution in [3.05, 3.63) is 12.2 Å². The van der Waals surface area contributed by atoms with Gasteiger partial charge in [-0.3, -0.25) is 18.6 Å². The van der Waals surface area contributed by atoms with Crippen LogP contribution in [0, 0.1) is 0 Å². The van der Waals surface area contributed by atoms with Crippen LogP contribution >= 0.6 is 7.82 Å². The van der Waals surface area contributed by atoms with Crippen LogP contribution < -0.4 is 0 Å². The maximum Gasteiger partial charge on any atom is 0.472 e. The molecule has 0 aliphatic heterocycles. The van der Waals surface area contributed by atoms with Crippen molar-refractivity contribution in [3.63, 3.8) is 0 Å². The number of aliphatic hydroxyl groups excluding tert-OH is 2. The number of carbonyl (C=O) groups excluding carboxylic acids is 2. The number of hydrogen-bond acceptors (Lipinski definition) is 9. The summed E-state index contributed by atoms with van der Waals surface area (Å²) >= 11 is 0. The maximum atomic E-state index is 12.6. The van der Waals surface area contributed by atoms with Gasteiger partial charge in [0.1, 0.15) is 12.7 Å². The van der Waals surface area contributed by atoms with E-state index in [2.05, 4.69) is 30.5 Å². The largest absolute Gasteiger partial charge is 0.472 e. The molecule has 0 aromatic rings. The zero-order chi connectivity index (χ0) is 37.0. The van der Waals surface area contributed by atoms with Gasteiger partial charge in [0, 0.05) is 12.8 Å². The fourth-order valence-corrected chi connectivity index (χ4v) is 6.31. The molecule has 0 radical (unpaired) electrons. The molecule has 50 heavy (non-hydrogen) atoms. The van der Waals surface area contributed by atoms with Gasteiger partial charge >= 0.3 is 19.8 Å². The minimum atomic E-state index is -4.61. The van der Waals surface area contributed by atoms with E-state index >= 15 is 0 Å². The van der Waals surface area contributed by atoms with E-state index in [1.54, 1.807) is 0 Å². The molecule has 11 heteroatoms. The third-order valence-corrected chi connectivity index (χ3v) is 9.62. The van der Waals surface area contributed by atoms with Crippen molar-refractivity contribution in [1.82, 2.24) is 0 Å². The number of allylic oxidation sites excluding steroid dienone is 2. The summed E-state index contributed by atoms with van der Waals surface area (Å²) in [6.45, 7) is 2.35. The number of esters is 2. The van der Waals surface area contributed by atoms with E-state index in [-0.39, 0.29) is 19.4 Å². The molecule has 3 N–H and O–H groups in total. The Morgan fingerprint density at radius 1 is 0.580 bits per heavy atom. The number of ether oxygens (including phenoxy) is 2. The highest BCUT2D eigenvalue weighted by Gasteiger charge is 2.27. The Bertz CT molecular complexity index is 853. The van der Waals surface area contributed by atoms with Crippen LogP contribution in [0.15, 0.2) is 12.2 Å². The summed E-state index contributed by atoms with van der Waals surface area (Å²) in [5.41, 5.74) is 0. The molecule has 296 valence electrons. The molecule has 1 unspecified atom stereocenters. The van der Waals surface area contributed by atoms with Crippen LogP contribution in [0.25, 0.3) is 0 Å². The molecule has 0 saturated heterocycles. The van der Waals surface area contributed by atoms with Crippen LogP contribution in [0.4, 0.5) is 0 Å². The predicted molar refractivity (Wildman–Crippen MR) is 201 cm³/mol. The normalized spacial score (nSPS) is 14.1. The zero-order valence-corrected chi connectivity index (χ0v) is 32.8. The minimum Gasteiger partial charge on any atom is -0.462 e. The average molecular weight is 735 g/mol. The van der Waals surface area contributed by atoms with E-state index in [9.17, 15) is 24.2 Å². The van der Waals surface area contributed by atoms with E-state index in [0.717, 1.165) is 57.8 Å². The molecule has 0 bridgehead atoms. The molecule has 0 fully saturated rings. The lowest BCUT2D eigenvalue weighted by Gasteiger charge is -2.20. The molecule has 0 aromatic carbocycles. The number of phosphoric ester groups is 1. The van der Waals surface area contributed by atoms with Crippen LogP contribution in [-0.2, 0) is 32.7 Å². The number of phosphoric acid groups is 1. The second kappa shape index (κ2) is 36.1. The summed E-state index contributed by atoms with van der Waals surface area (Å²) in [6.07, 6.45) is 31.8. The van der Waals surface area contributed by atoms with Crippen molar-refractivity contribution < 1.29 is 47.8 Å². The first kappa shape index (κ1) is 48.7. The van der Waals surface area contributed by atoms with Crippen molar-refractivity contribution in [1.29, 1.82) is 0 Å². The molecular formula is C39H75O10P. The Morgan fingerprint density at radius 3 is 1.48 bits per heavy atom. The van der Waals surface area contributed by atoms with Gasteiger partial charge in [-0.2, -0.15) is 0 Å². The van der Waals surface area contributed by atoms with Gasteiger partial charge in [-0.15, -0.1) is 0 Å². The fraction of sp³-hybridized carbons (Fsp3) is 0.897. The Labute approximate surface area is 305 Å². The molecule has 0 aromatic heterocycles. The van der Waals surface area contributed by atoms with Crippen molar-refractivity contribution in [2.75, 3.05) is 26.4 Å². The molecule has 0 spiro atoms. The standard InChI is InChI=1S/C39H75O10P/c1-3-5-7-9-11-13-15-17-18-19-21-23-25-27-29-31-39(43)49-37(35-48-50(44,45)47-33-36(41)32-40)34-46-38(42)30-28-26-24-22-20-16-14-12-10-8-6-4-2/h12,14,36-37,40-41H,3-11,13,15-35H2,1-2H3,(H,44,45)/b14-12-/t36-,37+/m0/s1. The molecule has 0 saturated carbocycles. The van der Waals surface area contributed by atoms with Gasteiger partial charge in [0.05, 0.1) is 19.8 Å². The van der Waals surface area contributed by atoms with Gasteiger partial charge < -0.3 is 24.6 Å². The molecule has 0 aliphatic rings. The Balaban J connectivity index is 4.32. The predicted octanol–water partition coefficient (Wildman–Crippen LogP) is 10.1. The lowest BCUT2D eigenvalue weighted by molar-refractivity contribution is -0.161. The van der Waals surface area contributed by atoms with Crippen molar-refractivity contribution in [2.24, 2.45) is 0 Å². The summed E-state index contributed by atoms with van der Waals surface area (Å²) in [6, 6.07) is 0. The molecule has 0 amide bonds. The van der Waals surface area contributed by atoms with Crippen LogP contribution in [0.1, 0.15) is 187 Å². The van der Waals surface area contributed by atoms with Crippen molar-refractivity contribution in [3.8, 4) is 0 Å². The Kier molecular flexibility index (Phi) is 35.2. The lowest BCUT2D eigenvalue weighted by atomic mass is 10.0.